The van der Waals surface area contributed by atoms with Crippen molar-refractivity contribution in [2.45, 2.75) is 81.8 Å². The lowest BCUT2D eigenvalue weighted by atomic mass is 9.94. The summed E-state index contributed by atoms with van der Waals surface area (Å²) in [4.78, 5) is 26.4. The molecule has 3 aliphatic rings. The summed E-state index contributed by atoms with van der Waals surface area (Å²) in [7, 11) is 1.54. The molecule has 0 heterocycles. The van der Waals surface area contributed by atoms with Crippen LogP contribution in [-0.2, 0) is 4.79 Å². The molecule has 0 radical (unpaired) electrons. The summed E-state index contributed by atoms with van der Waals surface area (Å²) in [5.74, 6) is 0.268. The molecule has 8 nitrogen and oxygen atoms in total. The van der Waals surface area contributed by atoms with Crippen molar-refractivity contribution in [3.63, 3.8) is 0 Å². The SMILES string of the molecule is COc1cccc(C(=O)NC(CC2CC2)C(=O)NC(CC2=CC=CCC2)C(O)C(O)NC2CC2)c1. The van der Waals surface area contributed by atoms with Gasteiger partial charge in [0.05, 0.1) is 13.2 Å². The standard InChI is InChI=1S/C27H37N3O5/c1-35-21-9-5-8-19(16-21)25(32)30-23(15-18-10-11-18)26(33)29-22(14-17-6-3-2-4-7-17)24(31)27(34)28-20-12-13-20/h2-3,5-6,8-9,16,18,20,22-24,27-28,31,34H,4,7,10-15H2,1H3,(H,29,33)(H,30,32). The third kappa shape index (κ3) is 7.65. The molecule has 0 saturated heterocycles. The van der Waals surface area contributed by atoms with Crippen molar-refractivity contribution < 1.29 is 24.5 Å². The molecular formula is C27H37N3O5. The minimum Gasteiger partial charge on any atom is -0.497 e. The second kappa shape index (κ2) is 11.8. The summed E-state index contributed by atoms with van der Waals surface area (Å²) in [6.07, 6.45) is 10.5. The Morgan fingerprint density at radius 1 is 1.14 bits per heavy atom. The number of amides is 2. The van der Waals surface area contributed by atoms with E-state index >= 15 is 0 Å². The van der Waals surface area contributed by atoms with Gasteiger partial charge in [-0.1, -0.05) is 42.7 Å². The quantitative estimate of drug-likeness (QED) is 0.274. The highest BCUT2D eigenvalue weighted by atomic mass is 16.5. The van der Waals surface area contributed by atoms with E-state index < -0.39 is 24.4 Å². The summed E-state index contributed by atoms with van der Waals surface area (Å²) >= 11 is 0. The maximum absolute atomic E-state index is 13.4. The van der Waals surface area contributed by atoms with Crippen molar-refractivity contribution in [1.29, 1.82) is 0 Å². The van der Waals surface area contributed by atoms with Crippen LogP contribution in [-0.4, -0.2) is 59.6 Å². The molecule has 35 heavy (non-hydrogen) atoms. The number of carbonyl (C=O) groups is 2. The van der Waals surface area contributed by atoms with Crippen LogP contribution in [0.1, 0.15) is 61.7 Å². The normalized spacial score (nSPS) is 20.8. The highest BCUT2D eigenvalue weighted by Gasteiger charge is 2.36. The van der Waals surface area contributed by atoms with Crippen LogP contribution in [0.3, 0.4) is 0 Å². The van der Waals surface area contributed by atoms with E-state index in [1.165, 1.54) is 7.11 Å². The average Bonchev–Trinajstić information content (AvgIpc) is 3.80. The van der Waals surface area contributed by atoms with Gasteiger partial charge in [-0.3, -0.25) is 14.9 Å². The summed E-state index contributed by atoms with van der Waals surface area (Å²) in [5.41, 5.74) is 1.52. The van der Waals surface area contributed by atoms with Crippen molar-refractivity contribution >= 4 is 11.8 Å². The van der Waals surface area contributed by atoms with Gasteiger partial charge < -0.3 is 25.6 Å². The second-order valence-corrected chi connectivity index (χ2v) is 9.92. The van der Waals surface area contributed by atoms with Gasteiger partial charge in [0.25, 0.3) is 5.91 Å². The fourth-order valence-corrected chi connectivity index (χ4v) is 4.38. The van der Waals surface area contributed by atoms with Crippen molar-refractivity contribution in [2.75, 3.05) is 7.11 Å². The fourth-order valence-electron chi connectivity index (χ4n) is 4.38. The van der Waals surface area contributed by atoms with Gasteiger partial charge in [0.15, 0.2) is 0 Å². The van der Waals surface area contributed by atoms with Gasteiger partial charge in [-0.15, -0.1) is 0 Å². The molecule has 4 rings (SSSR count). The van der Waals surface area contributed by atoms with Gasteiger partial charge in [0.2, 0.25) is 5.91 Å². The zero-order chi connectivity index (χ0) is 24.8. The Kier molecular flexibility index (Phi) is 8.59. The molecule has 4 unspecified atom stereocenters. The number of hydrogen-bond acceptors (Lipinski definition) is 6. The first-order valence-corrected chi connectivity index (χ1v) is 12.6. The summed E-state index contributed by atoms with van der Waals surface area (Å²) in [5, 5.41) is 30.4. The number of ether oxygens (including phenoxy) is 1. The maximum atomic E-state index is 13.4. The van der Waals surface area contributed by atoms with Gasteiger partial charge in [-0.2, -0.15) is 0 Å². The van der Waals surface area contributed by atoms with E-state index in [1.54, 1.807) is 24.3 Å². The van der Waals surface area contributed by atoms with E-state index in [0.29, 0.717) is 30.1 Å². The van der Waals surface area contributed by atoms with E-state index in [0.717, 1.165) is 44.1 Å². The van der Waals surface area contributed by atoms with Gasteiger partial charge in [-0.25, -0.2) is 0 Å². The molecular weight excluding hydrogens is 446 g/mol. The number of rotatable bonds is 13. The Morgan fingerprint density at radius 2 is 1.94 bits per heavy atom. The third-order valence-electron chi connectivity index (χ3n) is 6.85. The number of aliphatic hydroxyl groups excluding tert-OH is 2. The van der Waals surface area contributed by atoms with Crippen LogP contribution in [0.5, 0.6) is 5.75 Å². The van der Waals surface area contributed by atoms with Crippen molar-refractivity contribution in [3.05, 3.63) is 53.6 Å². The molecule has 2 fully saturated rings. The predicted molar refractivity (Wildman–Crippen MR) is 133 cm³/mol. The molecule has 8 heteroatoms. The van der Waals surface area contributed by atoms with E-state index in [-0.39, 0.29) is 17.9 Å². The zero-order valence-corrected chi connectivity index (χ0v) is 20.3. The monoisotopic (exact) mass is 483 g/mol. The lowest BCUT2D eigenvalue weighted by Crippen LogP contribution is -2.57. The van der Waals surface area contributed by atoms with Crippen LogP contribution < -0.4 is 20.7 Å². The van der Waals surface area contributed by atoms with E-state index in [1.807, 2.05) is 12.2 Å². The van der Waals surface area contributed by atoms with E-state index in [4.69, 9.17) is 4.74 Å². The van der Waals surface area contributed by atoms with Crippen LogP contribution in [0.2, 0.25) is 0 Å². The van der Waals surface area contributed by atoms with Gasteiger partial charge >= 0.3 is 0 Å². The van der Waals surface area contributed by atoms with E-state index in [2.05, 4.69) is 22.0 Å². The largest absolute Gasteiger partial charge is 0.497 e. The lowest BCUT2D eigenvalue weighted by molar-refractivity contribution is -0.125. The van der Waals surface area contributed by atoms with Gasteiger partial charge in [0.1, 0.15) is 24.1 Å². The Hall–Kier alpha value is -2.68. The Balaban J connectivity index is 1.46. The Morgan fingerprint density at radius 3 is 2.60 bits per heavy atom. The molecule has 4 atom stereocenters. The summed E-state index contributed by atoms with van der Waals surface area (Å²) in [6, 6.07) is 5.60. The number of allylic oxidation sites excluding steroid dienone is 3. The van der Waals surface area contributed by atoms with Crippen molar-refractivity contribution in [1.82, 2.24) is 16.0 Å². The summed E-state index contributed by atoms with van der Waals surface area (Å²) in [6.45, 7) is 0. The topological polar surface area (TPSA) is 120 Å². The number of carbonyl (C=O) groups excluding carboxylic acids is 2. The Labute approximate surface area is 206 Å². The molecule has 190 valence electrons. The molecule has 1 aromatic carbocycles. The fraction of sp³-hybridized carbons (Fsp3) is 0.556. The molecule has 2 saturated carbocycles. The molecule has 2 amide bonds. The number of aliphatic hydroxyl groups is 2. The molecule has 0 aliphatic heterocycles. The van der Waals surface area contributed by atoms with Crippen LogP contribution in [0, 0.1) is 5.92 Å². The van der Waals surface area contributed by atoms with Crippen molar-refractivity contribution in [3.8, 4) is 5.75 Å². The number of methoxy groups -OCH3 is 1. The zero-order valence-electron chi connectivity index (χ0n) is 20.3. The lowest BCUT2D eigenvalue weighted by Gasteiger charge is -2.31. The van der Waals surface area contributed by atoms with Crippen LogP contribution in [0.4, 0.5) is 0 Å². The smallest absolute Gasteiger partial charge is 0.252 e. The third-order valence-corrected chi connectivity index (χ3v) is 6.85. The predicted octanol–water partition coefficient (Wildman–Crippen LogP) is 2.18. The number of nitrogens with one attached hydrogen (secondary N) is 3. The van der Waals surface area contributed by atoms with Crippen LogP contribution >= 0.6 is 0 Å². The maximum Gasteiger partial charge on any atom is 0.252 e. The number of benzene rings is 1. The highest BCUT2D eigenvalue weighted by Crippen LogP contribution is 2.34. The molecule has 0 aromatic heterocycles. The first-order valence-electron chi connectivity index (χ1n) is 12.6. The van der Waals surface area contributed by atoms with E-state index in [9.17, 15) is 19.8 Å². The van der Waals surface area contributed by atoms with Gasteiger partial charge in [0, 0.05) is 11.6 Å². The first-order chi connectivity index (χ1) is 16.9. The van der Waals surface area contributed by atoms with Crippen LogP contribution in [0.15, 0.2) is 48.1 Å². The highest BCUT2D eigenvalue weighted by molar-refractivity contribution is 5.97. The molecule has 1 aromatic rings. The average molecular weight is 484 g/mol. The number of hydrogen-bond donors (Lipinski definition) is 5. The minimum absolute atomic E-state index is 0.206. The molecule has 0 bridgehead atoms. The van der Waals surface area contributed by atoms with Gasteiger partial charge in [-0.05, 0) is 62.6 Å². The van der Waals surface area contributed by atoms with Crippen molar-refractivity contribution in [2.24, 2.45) is 5.92 Å². The molecule has 0 spiro atoms. The molecule has 3 aliphatic carbocycles. The Bertz CT molecular complexity index is 954. The minimum atomic E-state index is -1.18. The first kappa shape index (κ1) is 25.4. The second-order valence-electron chi connectivity index (χ2n) is 9.92. The summed E-state index contributed by atoms with van der Waals surface area (Å²) < 4.78 is 5.21. The molecule has 5 N–H and O–H groups in total. The van der Waals surface area contributed by atoms with Crippen LogP contribution in [0.25, 0.3) is 0 Å².